The zero-order valence-electron chi connectivity index (χ0n) is 12.4. The molecule has 1 unspecified atom stereocenters. The van der Waals surface area contributed by atoms with Crippen LogP contribution in [-0.2, 0) is 6.42 Å². The molecule has 0 aliphatic carbocycles. The van der Waals surface area contributed by atoms with E-state index in [0.717, 1.165) is 24.4 Å². The van der Waals surface area contributed by atoms with Crippen molar-refractivity contribution in [2.75, 3.05) is 6.54 Å². The van der Waals surface area contributed by atoms with E-state index in [1.807, 2.05) is 25.1 Å². The molecule has 2 aromatic rings. The molecule has 2 rings (SSSR count). The van der Waals surface area contributed by atoms with Gasteiger partial charge in [0.1, 0.15) is 5.82 Å². The molecule has 1 aromatic heterocycles. The van der Waals surface area contributed by atoms with Gasteiger partial charge in [-0.25, -0.2) is 4.39 Å². The summed E-state index contributed by atoms with van der Waals surface area (Å²) < 4.78 is 14.0. The number of aromatic nitrogens is 1. The van der Waals surface area contributed by atoms with Gasteiger partial charge in [-0.05, 0) is 56.1 Å². The summed E-state index contributed by atoms with van der Waals surface area (Å²) in [5.74, 6) is -0.265. The zero-order valence-corrected chi connectivity index (χ0v) is 13.1. The van der Waals surface area contributed by atoms with E-state index in [2.05, 4.69) is 17.2 Å². The molecule has 0 saturated carbocycles. The Kier molecular flexibility index (Phi) is 5.71. The van der Waals surface area contributed by atoms with E-state index in [1.165, 1.54) is 6.07 Å². The predicted octanol–water partition coefficient (Wildman–Crippen LogP) is 4.47. The standard InChI is InChI=1S/C17H20ClFN2/c1-3-9-20-17(16-6-4-5-12(2)21-16)10-13-7-8-14(18)11-15(13)19/h4-8,11,17,20H,3,9-10H2,1-2H3. The molecule has 1 atom stereocenters. The second kappa shape index (κ2) is 7.53. The third-order valence-electron chi connectivity index (χ3n) is 3.35. The molecular weight excluding hydrogens is 287 g/mol. The van der Waals surface area contributed by atoms with Crippen molar-refractivity contribution in [3.8, 4) is 0 Å². The lowest BCUT2D eigenvalue weighted by molar-refractivity contribution is 0.503. The molecule has 4 heteroatoms. The molecule has 0 amide bonds. The lowest BCUT2D eigenvalue weighted by atomic mass is 10.0. The van der Waals surface area contributed by atoms with Crippen LogP contribution in [0.25, 0.3) is 0 Å². The first-order valence-corrected chi connectivity index (χ1v) is 7.59. The monoisotopic (exact) mass is 306 g/mol. The summed E-state index contributed by atoms with van der Waals surface area (Å²) in [4.78, 5) is 4.56. The minimum absolute atomic E-state index is 0.000487. The Hall–Kier alpha value is -1.45. The Morgan fingerprint density at radius 2 is 2.10 bits per heavy atom. The fraction of sp³-hybridized carbons (Fsp3) is 0.353. The molecule has 1 aromatic carbocycles. The number of pyridine rings is 1. The molecule has 2 nitrogen and oxygen atoms in total. The quantitative estimate of drug-likeness (QED) is 0.852. The molecule has 21 heavy (non-hydrogen) atoms. The van der Waals surface area contributed by atoms with Crippen molar-refractivity contribution in [1.29, 1.82) is 0 Å². The SMILES string of the molecule is CCCNC(Cc1ccc(Cl)cc1F)c1cccc(C)n1. The van der Waals surface area contributed by atoms with Gasteiger partial charge in [0.25, 0.3) is 0 Å². The van der Waals surface area contributed by atoms with Crippen LogP contribution in [0.15, 0.2) is 36.4 Å². The van der Waals surface area contributed by atoms with Gasteiger partial charge in [-0.2, -0.15) is 0 Å². The summed E-state index contributed by atoms with van der Waals surface area (Å²) in [6.07, 6.45) is 1.57. The number of nitrogens with one attached hydrogen (secondary N) is 1. The first-order chi connectivity index (χ1) is 10.1. The van der Waals surface area contributed by atoms with Gasteiger partial charge in [0.2, 0.25) is 0 Å². The van der Waals surface area contributed by atoms with E-state index >= 15 is 0 Å². The molecule has 0 bridgehead atoms. The smallest absolute Gasteiger partial charge is 0.127 e. The van der Waals surface area contributed by atoms with Crippen molar-refractivity contribution in [2.45, 2.75) is 32.7 Å². The minimum Gasteiger partial charge on any atom is -0.308 e. The lowest BCUT2D eigenvalue weighted by Gasteiger charge is -2.19. The van der Waals surface area contributed by atoms with Crippen molar-refractivity contribution in [3.05, 3.63) is 64.2 Å². The van der Waals surface area contributed by atoms with Gasteiger partial charge in [0.15, 0.2) is 0 Å². The Morgan fingerprint density at radius 3 is 2.76 bits per heavy atom. The minimum atomic E-state index is -0.265. The first-order valence-electron chi connectivity index (χ1n) is 7.21. The third-order valence-corrected chi connectivity index (χ3v) is 3.58. The maximum Gasteiger partial charge on any atom is 0.127 e. The van der Waals surface area contributed by atoms with E-state index < -0.39 is 0 Å². The fourth-order valence-corrected chi connectivity index (χ4v) is 2.42. The molecule has 0 saturated heterocycles. The highest BCUT2D eigenvalue weighted by atomic mass is 35.5. The number of benzene rings is 1. The molecular formula is C17H20ClFN2. The van der Waals surface area contributed by atoms with Crippen LogP contribution in [0, 0.1) is 12.7 Å². The summed E-state index contributed by atoms with van der Waals surface area (Å²) in [6.45, 7) is 4.94. The van der Waals surface area contributed by atoms with Crippen molar-refractivity contribution in [3.63, 3.8) is 0 Å². The first kappa shape index (κ1) is 15.9. The summed E-state index contributed by atoms with van der Waals surface area (Å²) in [7, 11) is 0. The van der Waals surface area contributed by atoms with Crippen LogP contribution in [0.2, 0.25) is 5.02 Å². The highest BCUT2D eigenvalue weighted by Crippen LogP contribution is 2.21. The average Bonchev–Trinajstić information content (AvgIpc) is 2.45. The van der Waals surface area contributed by atoms with Crippen LogP contribution in [0.4, 0.5) is 4.39 Å². The number of aryl methyl sites for hydroxylation is 1. The van der Waals surface area contributed by atoms with Gasteiger partial charge in [-0.1, -0.05) is 30.7 Å². The molecule has 0 fully saturated rings. The predicted molar refractivity (Wildman–Crippen MR) is 85.1 cm³/mol. The maximum atomic E-state index is 14.0. The summed E-state index contributed by atoms with van der Waals surface area (Å²) in [5, 5.41) is 3.86. The van der Waals surface area contributed by atoms with Gasteiger partial charge < -0.3 is 5.32 Å². The number of halogens is 2. The highest BCUT2D eigenvalue weighted by Gasteiger charge is 2.15. The van der Waals surface area contributed by atoms with Crippen LogP contribution >= 0.6 is 11.6 Å². The van der Waals surface area contributed by atoms with Crippen LogP contribution in [0.5, 0.6) is 0 Å². The van der Waals surface area contributed by atoms with E-state index in [9.17, 15) is 4.39 Å². The second-order valence-corrected chi connectivity index (χ2v) is 5.59. The van der Waals surface area contributed by atoms with Gasteiger partial charge in [0, 0.05) is 10.7 Å². The van der Waals surface area contributed by atoms with E-state index in [-0.39, 0.29) is 11.9 Å². The number of nitrogens with zero attached hydrogens (tertiary/aromatic N) is 1. The normalized spacial score (nSPS) is 12.4. The fourth-order valence-electron chi connectivity index (χ4n) is 2.27. The van der Waals surface area contributed by atoms with Gasteiger partial charge >= 0.3 is 0 Å². The van der Waals surface area contributed by atoms with Crippen LogP contribution in [0.3, 0.4) is 0 Å². The van der Waals surface area contributed by atoms with Gasteiger partial charge in [-0.3, -0.25) is 4.98 Å². The van der Waals surface area contributed by atoms with Crippen molar-refractivity contribution >= 4 is 11.6 Å². The Balaban J connectivity index is 2.23. The topological polar surface area (TPSA) is 24.9 Å². The summed E-state index contributed by atoms with van der Waals surface area (Å²) >= 11 is 5.81. The number of hydrogen-bond donors (Lipinski definition) is 1. The maximum absolute atomic E-state index is 14.0. The van der Waals surface area contributed by atoms with Crippen molar-refractivity contribution < 1.29 is 4.39 Å². The molecule has 0 aliphatic heterocycles. The molecule has 1 heterocycles. The summed E-state index contributed by atoms with van der Waals surface area (Å²) in [5.41, 5.74) is 2.56. The zero-order chi connectivity index (χ0) is 15.2. The van der Waals surface area contributed by atoms with Crippen LogP contribution in [-0.4, -0.2) is 11.5 Å². The van der Waals surface area contributed by atoms with Crippen LogP contribution < -0.4 is 5.32 Å². The van der Waals surface area contributed by atoms with E-state index in [1.54, 1.807) is 12.1 Å². The largest absolute Gasteiger partial charge is 0.308 e. The Morgan fingerprint density at radius 1 is 1.29 bits per heavy atom. The third kappa shape index (κ3) is 4.51. The molecule has 1 N–H and O–H groups in total. The van der Waals surface area contributed by atoms with E-state index in [4.69, 9.17) is 11.6 Å². The molecule has 0 radical (unpaired) electrons. The lowest BCUT2D eigenvalue weighted by Crippen LogP contribution is -2.25. The van der Waals surface area contributed by atoms with Gasteiger partial charge in [0.05, 0.1) is 11.7 Å². The van der Waals surface area contributed by atoms with E-state index in [0.29, 0.717) is 17.0 Å². The summed E-state index contributed by atoms with van der Waals surface area (Å²) in [6, 6.07) is 10.8. The highest BCUT2D eigenvalue weighted by molar-refractivity contribution is 6.30. The Bertz CT molecular complexity index is 601. The number of rotatable bonds is 6. The molecule has 112 valence electrons. The molecule has 0 spiro atoms. The molecule has 0 aliphatic rings. The van der Waals surface area contributed by atoms with Crippen molar-refractivity contribution in [2.24, 2.45) is 0 Å². The average molecular weight is 307 g/mol. The Labute approximate surface area is 130 Å². The second-order valence-electron chi connectivity index (χ2n) is 5.15. The van der Waals surface area contributed by atoms with Crippen molar-refractivity contribution in [1.82, 2.24) is 10.3 Å². The number of hydrogen-bond acceptors (Lipinski definition) is 2. The van der Waals surface area contributed by atoms with Crippen LogP contribution in [0.1, 0.15) is 36.3 Å². The van der Waals surface area contributed by atoms with Gasteiger partial charge in [-0.15, -0.1) is 0 Å².